The van der Waals surface area contributed by atoms with Gasteiger partial charge in [0.15, 0.2) is 5.11 Å². The van der Waals surface area contributed by atoms with Gasteiger partial charge in [0, 0.05) is 14.8 Å². The van der Waals surface area contributed by atoms with Crippen molar-refractivity contribution < 1.29 is 9.53 Å². The average molecular weight is 516 g/mol. The van der Waals surface area contributed by atoms with Gasteiger partial charge in [0.25, 0.3) is 5.91 Å². The number of amides is 1. The minimum absolute atomic E-state index is 0.263. The summed E-state index contributed by atoms with van der Waals surface area (Å²) in [7, 11) is 0. The van der Waals surface area contributed by atoms with Crippen molar-refractivity contribution in [2.24, 2.45) is 0 Å². The van der Waals surface area contributed by atoms with Crippen molar-refractivity contribution >= 4 is 51.5 Å². The maximum Gasteiger partial charge on any atom is 0.257 e. The van der Waals surface area contributed by atoms with Crippen molar-refractivity contribution in [1.29, 1.82) is 0 Å². The zero-order valence-electron chi connectivity index (χ0n) is 15.9. The zero-order chi connectivity index (χ0) is 20.6. The van der Waals surface area contributed by atoms with Crippen molar-refractivity contribution in [3.8, 4) is 5.75 Å². The quantitative estimate of drug-likeness (QED) is 0.333. The number of anilines is 1. The number of halogens is 1. The Balaban J connectivity index is 1.55. The lowest BCUT2D eigenvalue weighted by molar-refractivity contribution is 0.0977. The fourth-order valence-corrected chi connectivity index (χ4v) is 3.51. The van der Waals surface area contributed by atoms with Crippen molar-refractivity contribution in [2.45, 2.75) is 20.0 Å². The summed E-state index contributed by atoms with van der Waals surface area (Å²) >= 11 is 7.58. The van der Waals surface area contributed by atoms with E-state index in [-0.39, 0.29) is 11.0 Å². The van der Waals surface area contributed by atoms with Crippen LogP contribution in [0.5, 0.6) is 5.75 Å². The summed E-state index contributed by atoms with van der Waals surface area (Å²) in [6, 6.07) is 23.0. The molecule has 0 spiro atoms. The summed E-state index contributed by atoms with van der Waals surface area (Å²) in [4.78, 5) is 12.5. The van der Waals surface area contributed by atoms with Gasteiger partial charge in [0.2, 0.25) is 0 Å². The van der Waals surface area contributed by atoms with E-state index in [2.05, 4.69) is 46.2 Å². The first-order valence-corrected chi connectivity index (χ1v) is 10.7. The monoisotopic (exact) mass is 516 g/mol. The first kappa shape index (κ1) is 21.3. The first-order chi connectivity index (χ1) is 14.0. The molecule has 4 nitrogen and oxygen atoms in total. The predicted molar refractivity (Wildman–Crippen MR) is 129 cm³/mol. The van der Waals surface area contributed by atoms with Crippen LogP contribution in [0.15, 0.2) is 72.8 Å². The van der Waals surface area contributed by atoms with E-state index in [4.69, 9.17) is 17.0 Å². The molecule has 0 saturated carbocycles. The average Bonchev–Trinajstić information content (AvgIpc) is 2.74. The molecule has 0 aliphatic carbocycles. The standard InChI is InChI=1S/C23H21IN2O2S/c1-2-17-14-19(24)10-13-21(17)25-23(29)26-22(27)18-8-11-20(12-9-18)28-15-16-6-4-3-5-7-16/h3-14H,2,15H2,1H3,(H2,25,26,27,29). The Morgan fingerprint density at radius 3 is 2.45 bits per heavy atom. The second kappa shape index (κ2) is 10.4. The van der Waals surface area contributed by atoms with Crippen LogP contribution < -0.4 is 15.4 Å². The number of hydrogen-bond donors (Lipinski definition) is 2. The molecule has 0 saturated heterocycles. The van der Waals surface area contributed by atoms with Crippen LogP contribution in [0.3, 0.4) is 0 Å². The number of nitrogens with one attached hydrogen (secondary N) is 2. The maximum atomic E-state index is 12.5. The third kappa shape index (κ3) is 6.27. The number of ether oxygens (including phenoxy) is 1. The SMILES string of the molecule is CCc1cc(I)ccc1NC(=S)NC(=O)c1ccc(OCc2ccccc2)cc1. The molecule has 3 aromatic carbocycles. The largest absolute Gasteiger partial charge is 0.489 e. The van der Waals surface area contributed by atoms with Gasteiger partial charge in [-0.2, -0.15) is 0 Å². The molecular formula is C23H21IN2O2S. The second-order valence-corrected chi connectivity index (χ2v) is 8.02. The van der Waals surface area contributed by atoms with Gasteiger partial charge in [-0.05, 0) is 94.8 Å². The summed E-state index contributed by atoms with van der Waals surface area (Å²) in [6.45, 7) is 2.57. The van der Waals surface area contributed by atoms with Crippen LogP contribution in [-0.4, -0.2) is 11.0 Å². The normalized spacial score (nSPS) is 10.3. The number of rotatable bonds is 6. The Morgan fingerprint density at radius 1 is 1.03 bits per heavy atom. The smallest absolute Gasteiger partial charge is 0.257 e. The molecular weight excluding hydrogens is 495 g/mol. The van der Waals surface area contributed by atoms with Crippen LogP contribution in [0.2, 0.25) is 0 Å². The van der Waals surface area contributed by atoms with Gasteiger partial charge < -0.3 is 10.1 Å². The fraction of sp³-hybridized carbons (Fsp3) is 0.130. The van der Waals surface area contributed by atoms with Crippen LogP contribution in [0.4, 0.5) is 5.69 Å². The zero-order valence-corrected chi connectivity index (χ0v) is 18.9. The first-order valence-electron chi connectivity index (χ1n) is 9.22. The van der Waals surface area contributed by atoms with E-state index in [9.17, 15) is 4.79 Å². The van der Waals surface area contributed by atoms with Gasteiger partial charge in [-0.3, -0.25) is 10.1 Å². The molecule has 0 radical (unpaired) electrons. The van der Waals surface area contributed by atoms with E-state index < -0.39 is 0 Å². The molecule has 6 heteroatoms. The maximum absolute atomic E-state index is 12.5. The fourth-order valence-electron chi connectivity index (χ4n) is 2.75. The minimum Gasteiger partial charge on any atom is -0.489 e. The van der Waals surface area contributed by atoms with E-state index in [1.165, 1.54) is 0 Å². The predicted octanol–water partition coefficient (Wildman–Crippen LogP) is 5.56. The van der Waals surface area contributed by atoms with E-state index in [1.807, 2.05) is 42.5 Å². The van der Waals surface area contributed by atoms with Gasteiger partial charge in [0.1, 0.15) is 12.4 Å². The highest BCUT2D eigenvalue weighted by Gasteiger charge is 2.10. The Hall–Kier alpha value is -2.45. The summed E-state index contributed by atoms with van der Waals surface area (Å²) in [5.74, 6) is 0.443. The van der Waals surface area contributed by atoms with Crippen molar-refractivity contribution in [2.75, 3.05) is 5.32 Å². The highest BCUT2D eigenvalue weighted by molar-refractivity contribution is 14.1. The van der Waals surface area contributed by atoms with E-state index in [0.29, 0.717) is 17.9 Å². The van der Waals surface area contributed by atoms with Gasteiger partial charge in [-0.15, -0.1) is 0 Å². The van der Waals surface area contributed by atoms with Gasteiger partial charge in [-0.25, -0.2) is 0 Å². The van der Waals surface area contributed by atoms with Crippen LogP contribution in [0, 0.1) is 3.57 Å². The summed E-state index contributed by atoms with van der Waals surface area (Å²) < 4.78 is 6.91. The van der Waals surface area contributed by atoms with E-state index in [0.717, 1.165) is 26.8 Å². The van der Waals surface area contributed by atoms with Gasteiger partial charge >= 0.3 is 0 Å². The summed E-state index contributed by atoms with van der Waals surface area (Å²) in [5.41, 5.74) is 3.66. The summed E-state index contributed by atoms with van der Waals surface area (Å²) in [5, 5.41) is 6.11. The van der Waals surface area contributed by atoms with Crippen molar-refractivity contribution in [1.82, 2.24) is 5.32 Å². The molecule has 0 aliphatic rings. The number of carbonyl (C=O) groups is 1. The lowest BCUT2D eigenvalue weighted by atomic mass is 10.1. The Morgan fingerprint density at radius 2 is 1.76 bits per heavy atom. The van der Waals surface area contributed by atoms with Crippen LogP contribution in [0.1, 0.15) is 28.4 Å². The number of benzene rings is 3. The van der Waals surface area contributed by atoms with E-state index in [1.54, 1.807) is 24.3 Å². The molecule has 29 heavy (non-hydrogen) atoms. The molecule has 0 bridgehead atoms. The van der Waals surface area contributed by atoms with Crippen LogP contribution >= 0.6 is 34.8 Å². The third-order valence-corrected chi connectivity index (χ3v) is 5.16. The summed E-state index contributed by atoms with van der Waals surface area (Å²) in [6.07, 6.45) is 0.875. The molecule has 0 fully saturated rings. The lowest BCUT2D eigenvalue weighted by Gasteiger charge is -2.13. The lowest BCUT2D eigenvalue weighted by Crippen LogP contribution is -2.34. The highest BCUT2D eigenvalue weighted by Crippen LogP contribution is 2.19. The Labute approximate surface area is 189 Å². The molecule has 0 atom stereocenters. The second-order valence-electron chi connectivity index (χ2n) is 6.36. The molecule has 148 valence electrons. The number of carbonyl (C=O) groups excluding carboxylic acids is 1. The molecule has 3 rings (SSSR count). The highest BCUT2D eigenvalue weighted by atomic mass is 127. The number of aryl methyl sites for hydroxylation is 1. The molecule has 0 unspecified atom stereocenters. The van der Waals surface area contributed by atoms with Crippen LogP contribution in [0.25, 0.3) is 0 Å². The molecule has 2 N–H and O–H groups in total. The molecule has 1 amide bonds. The molecule has 0 aromatic heterocycles. The number of hydrogen-bond acceptors (Lipinski definition) is 3. The molecule has 0 heterocycles. The third-order valence-electron chi connectivity index (χ3n) is 4.29. The minimum atomic E-state index is -0.263. The van der Waals surface area contributed by atoms with E-state index >= 15 is 0 Å². The molecule has 0 aliphatic heterocycles. The Kier molecular flexibility index (Phi) is 7.60. The van der Waals surface area contributed by atoms with Gasteiger partial charge in [0.05, 0.1) is 0 Å². The topological polar surface area (TPSA) is 50.4 Å². The van der Waals surface area contributed by atoms with Crippen molar-refractivity contribution in [3.05, 3.63) is 93.1 Å². The van der Waals surface area contributed by atoms with Crippen LogP contribution in [-0.2, 0) is 13.0 Å². The Bertz CT molecular complexity index is 992. The van der Waals surface area contributed by atoms with Gasteiger partial charge in [-0.1, -0.05) is 37.3 Å². The molecule has 3 aromatic rings. The van der Waals surface area contributed by atoms with Crippen molar-refractivity contribution in [3.63, 3.8) is 0 Å². The number of thiocarbonyl (C=S) groups is 1.